The summed E-state index contributed by atoms with van der Waals surface area (Å²) >= 11 is 0. The second kappa shape index (κ2) is 7.58. The van der Waals surface area contributed by atoms with Crippen LogP contribution in [0.25, 0.3) is 0 Å². The first kappa shape index (κ1) is 15.2. The van der Waals surface area contributed by atoms with E-state index in [-0.39, 0.29) is 12.4 Å². The van der Waals surface area contributed by atoms with E-state index in [1.165, 1.54) is 6.07 Å². The van der Waals surface area contributed by atoms with E-state index in [0.29, 0.717) is 12.1 Å². The van der Waals surface area contributed by atoms with E-state index in [2.05, 4.69) is 16.7 Å². The minimum absolute atomic E-state index is 0.132. The Labute approximate surface area is 124 Å². The van der Waals surface area contributed by atoms with Crippen molar-refractivity contribution in [3.05, 3.63) is 71.0 Å². The zero-order valence-corrected chi connectivity index (χ0v) is 12.0. The summed E-state index contributed by atoms with van der Waals surface area (Å²) in [6, 6.07) is 14.7. The Kier molecular flexibility index (Phi) is 5.51. The van der Waals surface area contributed by atoms with Crippen molar-refractivity contribution in [1.82, 2.24) is 4.90 Å². The standard InChI is InChI=1S/C18H18FNO/c1-20(14-17-6-2-3-7-18(17)19)13-16-10-8-15(9-11-16)5-4-12-21/h2-3,6-11,21H,12-14H2,1H3. The molecule has 0 heterocycles. The number of aliphatic hydroxyl groups is 1. The Morgan fingerprint density at radius 1 is 1.05 bits per heavy atom. The molecule has 0 aliphatic heterocycles. The third-order valence-corrected chi connectivity index (χ3v) is 3.12. The van der Waals surface area contributed by atoms with E-state index >= 15 is 0 Å². The average molecular weight is 283 g/mol. The lowest BCUT2D eigenvalue weighted by atomic mass is 10.1. The van der Waals surface area contributed by atoms with Gasteiger partial charge in [0.2, 0.25) is 0 Å². The molecule has 0 saturated heterocycles. The minimum Gasteiger partial charge on any atom is -0.384 e. The number of hydrogen-bond acceptors (Lipinski definition) is 2. The molecule has 0 aliphatic rings. The largest absolute Gasteiger partial charge is 0.384 e. The van der Waals surface area contributed by atoms with Crippen LogP contribution in [0.2, 0.25) is 0 Å². The predicted molar refractivity (Wildman–Crippen MR) is 82.0 cm³/mol. The third-order valence-electron chi connectivity index (χ3n) is 3.12. The molecule has 0 radical (unpaired) electrons. The molecule has 0 atom stereocenters. The Bertz CT molecular complexity index is 640. The van der Waals surface area contributed by atoms with Gasteiger partial charge in [0.25, 0.3) is 0 Å². The van der Waals surface area contributed by atoms with Crippen molar-refractivity contribution in [1.29, 1.82) is 0 Å². The van der Waals surface area contributed by atoms with E-state index in [1.807, 2.05) is 37.4 Å². The average Bonchev–Trinajstić information content (AvgIpc) is 2.49. The van der Waals surface area contributed by atoms with Gasteiger partial charge in [-0.25, -0.2) is 4.39 Å². The van der Waals surface area contributed by atoms with Gasteiger partial charge in [0.1, 0.15) is 12.4 Å². The zero-order valence-electron chi connectivity index (χ0n) is 12.0. The maximum absolute atomic E-state index is 13.6. The minimum atomic E-state index is -0.168. The van der Waals surface area contributed by atoms with Crippen molar-refractivity contribution >= 4 is 0 Å². The van der Waals surface area contributed by atoms with Crippen LogP contribution in [0.1, 0.15) is 16.7 Å². The smallest absolute Gasteiger partial charge is 0.127 e. The summed E-state index contributed by atoms with van der Waals surface area (Å²) in [5, 5.41) is 8.65. The number of aliphatic hydroxyl groups excluding tert-OH is 1. The lowest BCUT2D eigenvalue weighted by molar-refractivity contribution is 0.313. The van der Waals surface area contributed by atoms with Gasteiger partial charge in [0, 0.05) is 24.2 Å². The Hall–Kier alpha value is -2.15. The second-order valence-corrected chi connectivity index (χ2v) is 4.92. The van der Waals surface area contributed by atoms with Crippen LogP contribution in [0.15, 0.2) is 48.5 Å². The molecule has 0 unspecified atom stereocenters. The maximum atomic E-state index is 13.6. The number of benzene rings is 2. The van der Waals surface area contributed by atoms with Gasteiger partial charge in [0.15, 0.2) is 0 Å². The van der Waals surface area contributed by atoms with E-state index in [4.69, 9.17) is 5.11 Å². The molecule has 1 N–H and O–H groups in total. The number of nitrogens with zero attached hydrogens (tertiary/aromatic N) is 1. The fraction of sp³-hybridized carbons (Fsp3) is 0.222. The van der Waals surface area contributed by atoms with Gasteiger partial charge in [-0.05, 0) is 30.8 Å². The highest BCUT2D eigenvalue weighted by atomic mass is 19.1. The van der Waals surface area contributed by atoms with Gasteiger partial charge in [-0.2, -0.15) is 0 Å². The predicted octanol–water partition coefficient (Wildman–Crippen LogP) is 2.80. The fourth-order valence-corrected chi connectivity index (χ4v) is 2.12. The van der Waals surface area contributed by atoms with Gasteiger partial charge in [-0.1, -0.05) is 42.2 Å². The first-order chi connectivity index (χ1) is 10.2. The van der Waals surface area contributed by atoms with Crippen LogP contribution < -0.4 is 0 Å². The SMILES string of the molecule is CN(Cc1ccc(C#CCO)cc1)Cc1ccccc1F. The molecule has 0 spiro atoms. The van der Waals surface area contributed by atoms with Crippen LogP contribution >= 0.6 is 0 Å². The molecule has 0 aromatic heterocycles. The molecular weight excluding hydrogens is 265 g/mol. The summed E-state index contributed by atoms with van der Waals surface area (Å²) < 4.78 is 13.6. The molecule has 0 aliphatic carbocycles. The third kappa shape index (κ3) is 4.71. The van der Waals surface area contributed by atoms with E-state index in [0.717, 1.165) is 17.7 Å². The normalized spacial score (nSPS) is 10.3. The van der Waals surface area contributed by atoms with Crippen LogP contribution in [0.4, 0.5) is 4.39 Å². The fourth-order valence-electron chi connectivity index (χ4n) is 2.12. The molecule has 108 valence electrons. The highest BCUT2D eigenvalue weighted by molar-refractivity contribution is 5.36. The molecule has 0 amide bonds. The van der Waals surface area contributed by atoms with Gasteiger partial charge >= 0.3 is 0 Å². The summed E-state index contributed by atoms with van der Waals surface area (Å²) in [4.78, 5) is 2.06. The van der Waals surface area contributed by atoms with Crippen molar-refractivity contribution in [3.63, 3.8) is 0 Å². The first-order valence-electron chi connectivity index (χ1n) is 6.79. The highest BCUT2D eigenvalue weighted by Crippen LogP contribution is 2.12. The topological polar surface area (TPSA) is 23.5 Å². The second-order valence-electron chi connectivity index (χ2n) is 4.92. The summed E-state index contributed by atoms with van der Waals surface area (Å²) in [6.07, 6.45) is 0. The molecule has 0 bridgehead atoms. The molecule has 2 rings (SSSR count). The summed E-state index contributed by atoms with van der Waals surface area (Å²) in [7, 11) is 1.96. The van der Waals surface area contributed by atoms with Gasteiger partial charge in [-0.15, -0.1) is 0 Å². The van der Waals surface area contributed by atoms with Gasteiger partial charge < -0.3 is 5.11 Å². The van der Waals surface area contributed by atoms with E-state index in [9.17, 15) is 4.39 Å². The van der Waals surface area contributed by atoms with Crippen LogP contribution in [0.5, 0.6) is 0 Å². The van der Waals surface area contributed by atoms with E-state index in [1.54, 1.807) is 12.1 Å². The Morgan fingerprint density at radius 3 is 2.43 bits per heavy atom. The Balaban J connectivity index is 1.96. The van der Waals surface area contributed by atoms with Crippen molar-refractivity contribution in [2.75, 3.05) is 13.7 Å². The lowest BCUT2D eigenvalue weighted by Crippen LogP contribution is -2.17. The van der Waals surface area contributed by atoms with Gasteiger partial charge in [-0.3, -0.25) is 4.90 Å². The van der Waals surface area contributed by atoms with Gasteiger partial charge in [0.05, 0.1) is 0 Å². The number of rotatable bonds is 4. The van der Waals surface area contributed by atoms with Crippen molar-refractivity contribution in [3.8, 4) is 11.8 Å². The summed E-state index contributed by atoms with van der Waals surface area (Å²) in [6.45, 7) is 1.17. The number of hydrogen-bond donors (Lipinski definition) is 1. The molecular formula is C18H18FNO. The van der Waals surface area contributed by atoms with Crippen LogP contribution in [-0.2, 0) is 13.1 Å². The summed E-state index contributed by atoms with van der Waals surface area (Å²) in [5.74, 6) is 5.31. The highest BCUT2D eigenvalue weighted by Gasteiger charge is 2.05. The van der Waals surface area contributed by atoms with Crippen molar-refractivity contribution < 1.29 is 9.50 Å². The lowest BCUT2D eigenvalue weighted by Gasteiger charge is -2.17. The van der Waals surface area contributed by atoms with E-state index < -0.39 is 0 Å². The van der Waals surface area contributed by atoms with Crippen LogP contribution in [-0.4, -0.2) is 23.7 Å². The van der Waals surface area contributed by atoms with Crippen molar-refractivity contribution in [2.24, 2.45) is 0 Å². The maximum Gasteiger partial charge on any atom is 0.127 e. The monoisotopic (exact) mass is 283 g/mol. The summed E-state index contributed by atoms with van der Waals surface area (Å²) in [5.41, 5.74) is 2.72. The molecule has 0 saturated carbocycles. The van der Waals surface area contributed by atoms with Crippen LogP contribution in [0.3, 0.4) is 0 Å². The Morgan fingerprint density at radius 2 is 1.76 bits per heavy atom. The molecule has 2 nitrogen and oxygen atoms in total. The molecule has 2 aromatic carbocycles. The molecule has 0 fully saturated rings. The zero-order chi connectivity index (χ0) is 15.1. The molecule has 3 heteroatoms. The molecule has 2 aromatic rings. The van der Waals surface area contributed by atoms with Crippen LogP contribution in [0, 0.1) is 17.7 Å². The van der Waals surface area contributed by atoms with Crippen molar-refractivity contribution in [2.45, 2.75) is 13.1 Å². The molecule has 21 heavy (non-hydrogen) atoms. The number of halogens is 1. The quantitative estimate of drug-likeness (QED) is 0.872. The first-order valence-corrected chi connectivity index (χ1v) is 6.79.